The summed E-state index contributed by atoms with van der Waals surface area (Å²) < 4.78 is 0. The monoisotopic (exact) mass is 239 g/mol. The van der Waals surface area contributed by atoms with Gasteiger partial charge in [-0.3, -0.25) is 9.59 Å². The fraction of sp³-hybridized carbons (Fsp3) is 0.846. The van der Waals surface area contributed by atoms with Gasteiger partial charge in [0.15, 0.2) is 0 Å². The van der Waals surface area contributed by atoms with E-state index >= 15 is 0 Å². The molecule has 96 valence electrons. The number of amides is 1. The zero-order valence-corrected chi connectivity index (χ0v) is 10.3. The molecule has 2 fully saturated rings. The van der Waals surface area contributed by atoms with Crippen LogP contribution < -0.4 is 5.32 Å². The zero-order valence-electron chi connectivity index (χ0n) is 10.3. The standard InChI is InChI=1S/C13H21NO3/c1-8(7-9-5-6-9)14-12(15)10-3-2-4-11(10)13(16)17/h8-11H,2-7H2,1H3,(H,14,15)(H,16,17). The molecule has 0 radical (unpaired) electrons. The van der Waals surface area contributed by atoms with Crippen LogP contribution >= 0.6 is 0 Å². The second-order valence-corrected chi connectivity index (χ2v) is 5.57. The highest BCUT2D eigenvalue weighted by Crippen LogP contribution is 2.34. The van der Waals surface area contributed by atoms with Crippen LogP contribution in [0.4, 0.5) is 0 Å². The first kappa shape index (κ1) is 12.4. The van der Waals surface area contributed by atoms with Gasteiger partial charge in [0.05, 0.1) is 11.8 Å². The summed E-state index contributed by atoms with van der Waals surface area (Å²) in [5.41, 5.74) is 0. The maximum Gasteiger partial charge on any atom is 0.307 e. The first-order chi connectivity index (χ1) is 8.08. The van der Waals surface area contributed by atoms with Crippen LogP contribution in [-0.2, 0) is 9.59 Å². The van der Waals surface area contributed by atoms with Crippen LogP contribution in [0.2, 0.25) is 0 Å². The molecule has 4 nitrogen and oxygen atoms in total. The molecule has 3 atom stereocenters. The van der Waals surface area contributed by atoms with Crippen molar-refractivity contribution in [2.75, 3.05) is 0 Å². The largest absolute Gasteiger partial charge is 0.481 e. The van der Waals surface area contributed by atoms with Gasteiger partial charge >= 0.3 is 5.97 Å². The van der Waals surface area contributed by atoms with Crippen molar-refractivity contribution in [3.8, 4) is 0 Å². The van der Waals surface area contributed by atoms with Gasteiger partial charge in [0.1, 0.15) is 0 Å². The Morgan fingerprint density at radius 1 is 1.24 bits per heavy atom. The van der Waals surface area contributed by atoms with Gasteiger partial charge in [0, 0.05) is 6.04 Å². The van der Waals surface area contributed by atoms with E-state index in [0.717, 1.165) is 25.2 Å². The Labute approximate surface area is 102 Å². The lowest BCUT2D eigenvalue weighted by atomic mass is 9.95. The van der Waals surface area contributed by atoms with Crippen LogP contribution in [0.15, 0.2) is 0 Å². The highest BCUT2D eigenvalue weighted by molar-refractivity contribution is 5.85. The molecule has 0 spiro atoms. The molecule has 0 saturated heterocycles. The number of rotatable bonds is 5. The molecule has 2 aliphatic carbocycles. The van der Waals surface area contributed by atoms with Crippen molar-refractivity contribution in [1.82, 2.24) is 5.32 Å². The maximum absolute atomic E-state index is 12.0. The van der Waals surface area contributed by atoms with Gasteiger partial charge in [-0.2, -0.15) is 0 Å². The third-order valence-corrected chi connectivity index (χ3v) is 3.94. The second-order valence-electron chi connectivity index (χ2n) is 5.57. The molecule has 3 unspecified atom stereocenters. The molecular weight excluding hydrogens is 218 g/mol. The molecule has 2 N–H and O–H groups in total. The van der Waals surface area contributed by atoms with E-state index in [2.05, 4.69) is 5.32 Å². The molecule has 4 heteroatoms. The molecular formula is C13H21NO3. The number of hydrogen-bond acceptors (Lipinski definition) is 2. The molecule has 2 saturated carbocycles. The van der Waals surface area contributed by atoms with Gasteiger partial charge in [-0.1, -0.05) is 19.3 Å². The molecule has 1 amide bonds. The number of carboxylic acids is 1. The minimum absolute atomic E-state index is 0.0527. The fourth-order valence-corrected chi connectivity index (χ4v) is 2.83. The molecule has 0 heterocycles. The highest BCUT2D eigenvalue weighted by atomic mass is 16.4. The van der Waals surface area contributed by atoms with Gasteiger partial charge in [-0.05, 0) is 32.1 Å². The van der Waals surface area contributed by atoms with Crippen molar-refractivity contribution in [2.45, 2.75) is 51.5 Å². The number of carbonyl (C=O) groups excluding carboxylic acids is 1. The third-order valence-electron chi connectivity index (χ3n) is 3.94. The number of carboxylic acid groups (broad SMARTS) is 1. The summed E-state index contributed by atoms with van der Waals surface area (Å²) in [6.07, 6.45) is 5.81. The molecule has 0 aromatic rings. The Bertz CT molecular complexity index is 312. The summed E-state index contributed by atoms with van der Waals surface area (Å²) in [5, 5.41) is 12.0. The van der Waals surface area contributed by atoms with Gasteiger partial charge < -0.3 is 10.4 Å². The van der Waals surface area contributed by atoms with Crippen LogP contribution in [0.25, 0.3) is 0 Å². The Hall–Kier alpha value is -1.06. The van der Waals surface area contributed by atoms with Gasteiger partial charge in [0.25, 0.3) is 0 Å². The summed E-state index contributed by atoms with van der Waals surface area (Å²) in [4.78, 5) is 23.0. The van der Waals surface area contributed by atoms with E-state index in [0.29, 0.717) is 6.42 Å². The second kappa shape index (κ2) is 5.07. The SMILES string of the molecule is CC(CC1CC1)NC(=O)C1CCCC1C(=O)O. The quantitative estimate of drug-likeness (QED) is 0.768. The topological polar surface area (TPSA) is 66.4 Å². The molecule has 2 aliphatic rings. The Balaban J connectivity index is 1.83. The Kier molecular flexibility index (Phi) is 3.69. The zero-order chi connectivity index (χ0) is 12.4. The molecule has 0 aromatic heterocycles. The molecule has 17 heavy (non-hydrogen) atoms. The number of hydrogen-bond donors (Lipinski definition) is 2. The summed E-state index contributed by atoms with van der Waals surface area (Å²) in [6, 6.07) is 0.185. The van der Waals surface area contributed by atoms with Crippen molar-refractivity contribution in [1.29, 1.82) is 0 Å². The molecule has 0 aromatic carbocycles. The van der Waals surface area contributed by atoms with E-state index in [1.54, 1.807) is 0 Å². The lowest BCUT2D eigenvalue weighted by Gasteiger charge is -2.19. The van der Waals surface area contributed by atoms with E-state index in [9.17, 15) is 9.59 Å². The van der Waals surface area contributed by atoms with Crippen LogP contribution in [-0.4, -0.2) is 23.0 Å². The smallest absolute Gasteiger partial charge is 0.307 e. The Morgan fingerprint density at radius 2 is 1.88 bits per heavy atom. The number of carbonyl (C=O) groups is 2. The third kappa shape index (κ3) is 3.20. The van der Waals surface area contributed by atoms with Crippen molar-refractivity contribution < 1.29 is 14.7 Å². The molecule has 0 bridgehead atoms. The van der Waals surface area contributed by atoms with Crippen molar-refractivity contribution >= 4 is 11.9 Å². The number of aliphatic carboxylic acids is 1. The predicted octanol–water partition coefficient (Wildman–Crippen LogP) is 1.79. The van der Waals surface area contributed by atoms with E-state index in [1.807, 2.05) is 6.92 Å². The maximum atomic E-state index is 12.0. The van der Waals surface area contributed by atoms with E-state index < -0.39 is 11.9 Å². The minimum atomic E-state index is -0.822. The first-order valence-corrected chi connectivity index (χ1v) is 6.61. The minimum Gasteiger partial charge on any atom is -0.481 e. The average molecular weight is 239 g/mol. The summed E-state index contributed by atoms with van der Waals surface area (Å²) in [7, 11) is 0. The van der Waals surface area contributed by atoms with Crippen LogP contribution in [0.1, 0.15) is 45.4 Å². The fourth-order valence-electron chi connectivity index (χ4n) is 2.83. The van der Waals surface area contributed by atoms with Crippen molar-refractivity contribution in [3.05, 3.63) is 0 Å². The number of nitrogens with one attached hydrogen (secondary N) is 1. The van der Waals surface area contributed by atoms with Crippen LogP contribution in [0.3, 0.4) is 0 Å². The van der Waals surface area contributed by atoms with Crippen molar-refractivity contribution in [3.63, 3.8) is 0 Å². The Morgan fingerprint density at radius 3 is 2.47 bits per heavy atom. The highest BCUT2D eigenvalue weighted by Gasteiger charge is 2.38. The summed E-state index contributed by atoms with van der Waals surface area (Å²) in [5.74, 6) is -0.873. The van der Waals surface area contributed by atoms with Crippen LogP contribution in [0, 0.1) is 17.8 Å². The van der Waals surface area contributed by atoms with Gasteiger partial charge in [-0.15, -0.1) is 0 Å². The normalized spacial score (nSPS) is 29.9. The van der Waals surface area contributed by atoms with E-state index in [-0.39, 0.29) is 17.9 Å². The first-order valence-electron chi connectivity index (χ1n) is 6.61. The van der Waals surface area contributed by atoms with Crippen LogP contribution in [0.5, 0.6) is 0 Å². The predicted molar refractivity (Wildman–Crippen MR) is 63.4 cm³/mol. The van der Waals surface area contributed by atoms with E-state index in [4.69, 9.17) is 5.11 Å². The lowest BCUT2D eigenvalue weighted by Crippen LogP contribution is -2.40. The summed E-state index contributed by atoms with van der Waals surface area (Å²) >= 11 is 0. The average Bonchev–Trinajstić information content (AvgIpc) is 2.92. The van der Waals surface area contributed by atoms with Gasteiger partial charge in [0.2, 0.25) is 5.91 Å². The lowest BCUT2D eigenvalue weighted by molar-refractivity contribution is -0.146. The van der Waals surface area contributed by atoms with Gasteiger partial charge in [-0.25, -0.2) is 0 Å². The summed E-state index contributed by atoms with van der Waals surface area (Å²) in [6.45, 7) is 2.01. The van der Waals surface area contributed by atoms with E-state index in [1.165, 1.54) is 12.8 Å². The molecule has 0 aliphatic heterocycles. The molecule has 2 rings (SSSR count). The van der Waals surface area contributed by atoms with Crippen molar-refractivity contribution in [2.24, 2.45) is 17.8 Å².